The molecule has 0 amide bonds. The van der Waals surface area contributed by atoms with E-state index in [9.17, 15) is 0 Å². The maximum atomic E-state index is 6.00. The van der Waals surface area contributed by atoms with E-state index >= 15 is 0 Å². The van der Waals surface area contributed by atoms with Gasteiger partial charge >= 0.3 is 0 Å². The van der Waals surface area contributed by atoms with E-state index < -0.39 is 0 Å². The maximum absolute atomic E-state index is 6.00. The van der Waals surface area contributed by atoms with Gasteiger partial charge in [-0.2, -0.15) is 0 Å². The molecule has 0 aliphatic rings. The summed E-state index contributed by atoms with van der Waals surface area (Å²) < 4.78 is 5.31. The van der Waals surface area contributed by atoms with Gasteiger partial charge in [0.05, 0.1) is 18.5 Å². The molecule has 1 aromatic heterocycles. The molecule has 0 unspecified atom stereocenters. The normalized spacial score (nSPS) is 12.0. The number of nitrogens with two attached hydrogens (primary N) is 4. The molecule has 1 heterocycles. The predicted octanol–water partition coefficient (Wildman–Crippen LogP) is 2.78. The van der Waals surface area contributed by atoms with Gasteiger partial charge in [0.1, 0.15) is 17.4 Å². The van der Waals surface area contributed by atoms with E-state index in [0.29, 0.717) is 17.9 Å². The number of methoxy groups -OCH3 is 1. The molecule has 7 heteroatoms. The summed E-state index contributed by atoms with van der Waals surface area (Å²) in [6, 6.07) is 13.5. The maximum Gasteiger partial charge on any atom is 0.149 e. The van der Waals surface area contributed by atoms with Crippen molar-refractivity contribution in [3.05, 3.63) is 59.8 Å². The lowest BCUT2D eigenvalue weighted by Crippen LogP contribution is -2.07. The molecular formula is C20H22N6O. The number of pyridine rings is 1. The highest BCUT2D eigenvalue weighted by atomic mass is 16.5. The molecule has 0 fully saturated rings. The molecular weight excluding hydrogens is 340 g/mol. The van der Waals surface area contributed by atoms with Crippen molar-refractivity contribution in [1.29, 1.82) is 0 Å². The highest BCUT2D eigenvalue weighted by molar-refractivity contribution is 5.96. The van der Waals surface area contributed by atoms with E-state index in [2.05, 4.69) is 9.98 Å². The molecule has 27 heavy (non-hydrogen) atoms. The molecule has 0 aliphatic heterocycles. The SMILES string of the molecule is COc1ccc2cccc(N=CC(=CN)Cc3cc(N)nc(N)c3N)c2c1. The van der Waals surface area contributed by atoms with E-state index in [-0.39, 0.29) is 5.82 Å². The first-order chi connectivity index (χ1) is 13.0. The number of nitrogens with zero attached hydrogens (tertiary/aromatic N) is 2. The van der Waals surface area contributed by atoms with Crippen molar-refractivity contribution in [1.82, 2.24) is 4.98 Å². The van der Waals surface area contributed by atoms with Gasteiger partial charge in [-0.05, 0) is 47.0 Å². The van der Waals surface area contributed by atoms with Crippen molar-refractivity contribution >= 4 is 40.0 Å². The highest BCUT2D eigenvalue weighted by Gasteiger charge is 2.08. The number of allylic oxidation sites excluding steroid dienone is 1. The number of benzene rings is 2. The van der Waals surface area contributed by atoms with E-state index in [1.807, 2.05) is 36.4 Å². The number of rotatable bonds is 5. The molecule has 0 atom stereocenters. The summed E-state index contributed by atoms with van der Waals surface area (Å²) in [6.45, 7) is 0. The van der Waals surface area contributed by atoms with Crippen LogP contribution in [0.4, 0.5) is 23.0 Å². The van der Waals surface area contributed by atoms with Crippen LogP contribution >= 0.6 is 0 Å². The molecule has 3 aromatic rings. The summed E-state index contributed by atoms with van der Waals surface area (Å²) in [6.07, 6.45) is 3.64. The second-order valence-electron chi connectivity index (χ2n) is 6.05. The van der Waals surface area contributed by atoms with Gasteiger partial charge in [-0.15, -0.1) is 0 Å². The summed E-state index contributed by atoms with van der Waals surface area (Å²) in [4.78, 5) is 8.55. The van der Waals surface area contributed by atoms with E-state index in [0.717, 1.165) is 33.3 Å². The minimum Gasteiger partial charge on any atom is -0.497 e. The van der Waals surface area contributed by atoms with Gasteiger partial charge in [0.25, 0.3) is 0 Å². The lowest BCUT2D eigenvalue weighted by Gasteiger charge is -2.09. The molecule has 0 saturated carbocycles. The molecule has 0 spiro atoms. The number of ether oxygens (including phenoxy) is 1. The third kappa shape index (κ3) is 3.92. The quantitative estimate of drug-likeness (QED) is 0.515. The van der Waals surface area contributed by atoms with Crippen LogP contribution in [0.5, 0.6) is 5.75 Å². The lowest BCUT2D eigenvalue weighted by atomic mass is 10.1. The van der Waals surface area contributed by atoms with Crippen LogP contribution in [0.1, 0.15) is 5.56 Å². The molecule has 2 aromatic carbocycles. The Morgan fingerprint density at radius 2 is 1.96 bits per heavy atom. The van der Waals surface area contributed by atoms with Gasteiger partial charge in [0.2, 0.25) is 0 Å². The van der Waals surface area contributed by atoms with Crippen LogP contribution in [0.3, 0.4) is 0 Å². The van der Waals surface area contributed by atoms with Crippen molar-refractivity contribution in [2.45, 2.75) is 6.42 Å². The summed E-state index contributed by atoms with van der Waals surface area (Å²) in [7, 11) is 1.64. The van der Waals surface area contributed by atoms with Crippen LogP contribution in [0, 0.1) is 0 Å². The number of aromatic nitrogens is 1. The Bertz CT molecular complexity index is 1040. The van der Waals surface area contributed by atoms with Gasteiger partial charge < -0.3 is 27.7 Å². The Kier molecular flexibility index (Phi) is 5.12. The van der Waals surface area contributed by atoms with Gasteiger partial charge in [0.15, 0.2) is 0 Å². The Hall–Kier alpha value is -3.74. The van der Waals surface area contributed by atoms with Gasteiger partial charge in [-0.1, -0.05) is 18.2 Å². The Balaban J connectivity index is 1.92. The van der Waals surface area contributed by atoms with Crippen LogP contribution in [0.25, 0.3) is 10.8 Å². The summed E-state index contributed by atoms with van der Waals surface area (Å²) in [5.74, 6) is 1.29. The number of hydrogen-bond donors (Lipinski definition) is 4. The van der Waals surface area contributed by atoms with E-state index in [1.54, 1.807) is 19.4 Å². The number of nitrogen functional groups attached to an aromatic ring is 3. The van der Waals surface area contributed by atoms with Crippen molar-refractivity contribution in [3.63, 3.8) is 0 Å². The minimum atomic E-state index is 0.208. The predicted molar refractivity (Wildman–Crippen MR) is 112 cm³/mol. The third-order valence-electron chi connectivity index (χ3n) is 4.24. The fourth-order valence-electron chi connectivity index (χ4n) is 2.79. The van der Waals surface area contributed by atoms with Crippen molar-refractivity contribution in [2.24, 2.45) is 10.7 Å². The summed E-state index contributed by atoms with van der Waals surface area (Å²) in [5, 5.41) is 2.06. The van der Waals surface area contributed by atoms with Crippen LogP contribution in [-0.4, -0.2) is 18.3 Å². The standard InChI is InChI=1S/C20H22N6O/c1-27-15-6-5-13-3-2-4-17(16(13)9-15)25-11-12(10-21)7-14-8-18(22)26-20(24)19(14)23/h2-6,8-11H,7,21,23H2,1H3,(H4,22,24,26). The molecule has 7 nitrogen and oxygen atoms in total. The topological polar surface area (TPSA) is 139 Å². The zero-order valence-electron chi connectivity index (χ0n) is 15.0. The fraction of sp³-hybridized carbons (Fsp3) is 0.100. The zero-order chi connectivity index (χ0) is 19.4. The lowest BCUT2D eigenvalue weighted by molar-refractivity contribution is 0.415. The summed E-state index contributed by atoms with van der Waals surface area (Å²) in [5.41, 5.74) is 26.0. The Morgan fingerprint density at radius 3 is 2.70 bits per heavy atom. The molecule has 8 N–H and O–H groups in total. The fourth-order valence-corrected chi connectivity index (χ4v) is 2.79. The zero-order valence-corrected chi connectivity index (χ0v) is 15.0. The molecule has 138 valence electrons. The first-order valence-corrected chi connectivity index (χ1v) is 8.33. The number of anilines is 3. The first-order valence-electron chi connectivity index (χ1n) is 8.33. The minimum absolute atomic E-state index is 0.208. The van der Waals surface area contributed by atoms with Gasteiger partial charge in [-0.25, -0.2) is 4.98 Å². The van der Waals surface area contributed by atoms with Crippen LogP contribution in [0.2, 0.25) is 0 Å². The monoisotopic (exact) mass is 362 g/mol. The van der Waals surface area contributed by atoms with Crippen LogP contribution in [-0.2, 0) is 6.42 Å². The van der Waals surface area contributed by atoms with E-state index in [4.69, 9.17) is 27.7 Å². The van der Waals surface area contributed by atoms with Gasteiger partial charge in [-0.3, -0.25) is 4.99 Å². The van der Waals surface area contributed by atoms with Gasteiger partial charge in [0, 0.05) is 18.0 Å². The molecule has 0 saturated heterocycles. The smallest absolute Gasteiger partial charge is 0.149 e. The first kappa shape index (κ1) is 18.1. The van der Waals surface area contributed by atoms with Crippen molar-refractivity contribution in [3.8, 4) is 5.75 Å². The second-order valence-corrected chi connectivity index (χ2v) is 6.05. The van der Waals surface area contributed by atoms with Crippen molar-refractivity contribution in [2.75, 3.05) is 24.3 Å². The average molecular weight is 362 g/mol. The average Bonchev–Trinajstić information content (AvgIpc) is 2.68. The second kappa shape index (κ2) is 7.65. The number of hydrogen-bond acceptors (Lipinski definition) is 7. The largest absolute Gasteiger partial charge is 0.497 e. The molecule has 0 radical (unpaired) electrons. The third-order valence-corrected chi connectivity index (χ3v) is 4.24. The Labute approximate surface area is 157 Å². The van der Waals surface area contributed by atoms with E-state index in [1.165, 1.54) is 6.20 Å². The van der Waals surface area contributed by atoms with Crippen LogP contribution in [0.15, 0.2) is 59.2 Å². The number of fused-ring (bicyclic) bond motifs is 1. The molecule has 0 aliphatic carbocycles. The molecule has 3 rings (SSSR count). The Morgan fingerprint density at radius 1 is 1.15 bits per heavy atom. The summed E-state index contributed by atoms with van der Waals surface area (Å²) >= 11 is 0. The highest BCUT2D eigenvalue weighted by Crippen LogP contribution is 2.29. The van der Waals surface area contributed by atoms with Crippen molar-refractivity contribution < 1.29 is 4.74 Å². The number of aliphatic imine (C=N–C) groups is 1. The molecule has 0 bridgehead atoms. The van der Waals surface area contributed by atoms with Crippen LogP contribution < -0.4 is 27.7 Å².